The van der Waals surface area contributed by atoms with E-state index in [9.17, 15) is 4.79 Å². The third kappa shape index (κ3) is 1.79. The molecule has 1 aliphatic rings. The Morgan fingerprint density at radius 1 is 1.42 bits per heavy atom. The standard InChI is InChI=1S/C10H18O2/c1-6(2)5-9-7(3)10(11)12-8(9)4/h6-9H,5H2,1-4H3. The number of hydrogen-bond donors (Lipinski definition) is 0. The summed E-state index contributed by atoms with van der Waals surface area (Å²) in [5.74, 6) is 1.16. The third-order valence-corrected chi connectivity index (χ3v) is 2.66. The molecule has 0 radical (unpaired) electrons. The van der Waals surface area contributed by atoms with Crippen molar-refractivity contribution in [2.45, 2.75) is 40.2 Å². The van der Waals surface area contributed by atoms with Gasteiger partial charge in [-0.15, -0.1) is 0 Å². The molecule has 2 nitrogen and oxygen atoms in total. The highest BCUT2D eigenvalue weighted by Crippen LogP contribution is 2.32. The van der Waals surface area contributed by atoms with E-state index in [0.717, 1.165) is 6.42 Å². The highest BCUT2D eigenvalue weighted by atomic mass is 16.6. The molecule has 0 aliphatic carbocycles. The molecule has 1 heterocycles. The molecule has 2 heteroatoms. The minimum Gasteiger partial charge on any atom is -0.462 e. The summed E-state index contributed by atoms with van der Waals surface area (Å²) in [6.07, 6.45) is 1.21. The maximum atomic E-state index is 11.2. The molecule has 70 valence electrons. The number of hydrogen-bond acceptors (Lipinski definition) is 2. The molecular weight excluding hydrogens is 152 g/mol. The summed E-state index contributed by atoms with van der Waals surface area (Å²) in [7, 11) is 0. The van der Waals surface area contributed by atoms with Crippen molar-refractivity contribution >= 4 is 5.97 Å². The van der Waals surface area contributed by atoms with Crippen LogP contribution in [0.1, 0.15) is 34.1 Å². The molecule has 3 atom stereocenters. The molecule has 0 N–H and O–H groups in total. The van der Waals surface area contributed by atoms with Gasteiger partial charge in [0.15, 0.2) is 0 Å². The lowest BCUT2D eigenvalue weighted by Crippen LogP contribution is -2.18. The van der Waals surface area contributed by atoms with Crippen LogP contribution in [0.25, 0.3) is 0 Å². The van der Waals surface area contributed by atoms with Crippen LogP contribution in [0.2, 0.25) is 0 Å². The van der Waals surface area contributed by atoms with E-state index in [1.54, 1.807) is 0 Å². The lowest BCUT2D eigenvalue weighted by atomic mass is 9.85. The highest BCUT2D eigenvalue weighted by Gasteiger charge is 2.38. The molecule has 12 heavy (non-hydrogen) atoms. The SMILES string of the molecule is CC(C)CC1C(C)OC(=O)C1C. The van der Waals surface area contributed by atoms with Gasteiger partial charge in [0.05, 0.1) is 5.92 Å². The summed E-state index contributed by atoms with van der Waals surface area (Å²) >= 11 is 0. The van der Waals surface area contributed by atoms with Crippen molar-refractivity contribution in [1.82, 2.24) is 0 Å². The van der Waals surface area contributed by atoms with Crippen LogP contribution in [-0.2, 0) is 9.53 Å². The van der Waals surface area contributed by atoms with Gasteiger partial charge in [0.2, 0.25) is 0 Å². The fourth-order valence-electron chi connectivity index (χ4n) is 1.90. The molecule has 3 unspecified atom stereocenters. The summed E-state index contributed by atoms with van der Waals surface area (Å²) in [5.41, 5.74) is 0. The zero-order valence-corrected chi connectivity index (χ0v) is 8.33. The Morgan fingerprint density at radius 2 is 2.00 bits per heavy atom. The lowest BCUT2D eigenvalue weighted by molar-refractivity contribution is -0.143. The molecule has 0 saturated carbocycles. The number of cyclic esters (lactones) is 1. The van der Waals surface area contributed by atoms with Gasteiger partial charge in [-0.1, -0.05) is 20.8 Å². The zero-order valence-electron chi connectivity index (χ0n) is 8.33. The van der Waals surface area contributed by atoms with E-state index >= 15 is 0 Å². The average Bonchev–Trinajstić information content (AvgIpc) is 2.16. The van der Waals surface area contributed by atoms with Crippen LogP contribution in [0.5, 0.6) is 0 Å². The van der Waals surface area contributed by atoms with Gasteiger partial charge < -0.3 is 4.74 Å². The second-order valence-corrected chi connectivity index (χ2v) is 4.22. The second-order valence-electron chi connectivity index (χ2n) is 4.22. The molecule has 1 fully saturated rings. The average molecular weight is 170 g/mol. The van der Waals surface area contributed by atoms with E-state index in [2.05, 4.69) is 13.8 Å². The fraction of sp³-hybridized carbons (Fsp3) is 0.900. The quantitative estimate of drug-likeness (QED) is 0.594. The number of ether oxygens (including phenoxy) is 1. The molecule has 0 bridgehead atoms. The molecule has 0 aromatic heterocycles. The Morgan fingerprint density at radius 3 is 2.33 bits per heavy atom. The number of carbonyl (C=O) groups excluding carboxylic acids is 1. The molecular formula is C10H18O2. The maximum Gasteiger partial charge on any atom is 0.309 e. The molecule has 0 aromatic rings. The minimum atomic E-state index is -0.0202. The van der Waals surface area contributed by atoms with Crippen molar-refractivity contribution in [1.29, 1.82) is 0 Å². The Kier molecular flexibility index (Phi) is 2.76. The number of carbonyl (C=O) groups is 1. The predicted molar refractivity (Wildman–Crippen MR) is 47.7 cm³/mol. The van der Waals surface area contributed by atoms with Crippen LogP contribution >= 0.6 is 0 Å². The second kappa shape index (κ2) is 3.46. The molecule has 1 aliphatic heterocycles. The van der Waals surface area contributed by atoms with E-state index < -0.39 is 0 Å². The Hall–Kier alpha value is -0.530. The van der Waals surface area contributed by atoms with Gasteiger partial charge in [0, 0.05) is 5.92 Å². The van der Waals surface area contributed by atoms with Gasteiger partial charge in [-0.2, -0.15) is 0 Å². The first-order valence-electron chi connectivity index (χ1n) is 4.73. The van der Waals surface area contributed by atoms with Gasteiger partial charge in [-0.25, -0.2) is 0 Å². The number of esters is 1. The topological polar surface area (TPSA) is 26.3 Å². The first-order valence-corrected chi connectivity index (χ1v) is 4.73. The van der Waals surface area contributed by atoms with E-state index in [4.69, 9.17) is 4.74 Å². The van der Waals surface area contributed by atoms with Crippen molar-refractivity contribution in [3.63, 3.8) is 0 Å². The summed E-state index contributed by atoms with van der Waals surface area (Å²) in [4.78, 5) is 11.2. The number of rotatable bonds is 2. The van der Waals surface area contributed by atoms with Crippen molar-refractivity contribution in [3.05, 3.63) is 0 Å². The Balaban J connectivity index is 2.57. The van der Waals surface area contributed by atoms with Crippen molar-refractivity contribution in [2.24, 2.45) is 17.8 Å². The minimum absolute atomic E-state index is 0.0202. The van der Waals surface area contributed by atoms with Crippen LogP contribution in [-0.4, -0.2) is 12.1 Å². The monoisotopic (exact) mass is 170 g/mol. The highest BCUT2D eigenvalue weighted by molar-refractivity contribution is 5.74. The summed E-state index contributed by atoms with van der Waals surface area (Å²) in [6.45, 7) is 8.33. The van der Waals surface area contributed by atoms with Crippen molar-refractivity contribution in [3.8, 4) is 0 Å². The largest absolute Gasteiger partial charge is 0.462 e. The molecule has 1 saturated heterocycles. The van der Waals surface area contributed by atoms with Gasteiger partial charge in [-0.3, -0.25) is 4.79 Å². The van der Waals surface area contributed by atoms with Gasteiger partial charge in [-0.05, 0) is 19.3 Å². The van der Waals surface area contributed by atoms with Crippen LogP contribution in [0.3, 0.4) is 0 Å². The summed E-state index contributed by atoms with van der Waals surface area (Å²) in [6, 6.07) is 0. The Labute approximate surface area is 74.3 Å². The normalized spacial score (nSPS) is 35.8. The fourth-order valence-corrected chi connectivity index (χ4v) is 1.90. The third-order valence-electron chi connectivity index (χ3n) is 2.66. The van der Waals surface area contributed by atoms with E-state index in [0.29, 0.717) is 11.8 Å². The van der Waals surface area contributed by atoms with Crippen molar-refractivity contribution in [2.75, 3.05) is 0 Å². The Bertz CT molecular complexity index is 175. The summed E-state index contributed by atoms with van der Waals surface area (Å²) in [5, 5.41) is 0. The first-order chi connectivity index (χ1) is 5.52. The van der Waals surface area contributed by atoms with Crippen molar-refractivity contribution < 1.29 is 9.53 Å². The van der Waals surface area contributed by atoms with Crippen LogP contribution in [0.4, 0.5) is 0 Å². The molecule has 0 spiro atoms. The molecule has 0 aromatic carbocycles. The smallest absolute Gasteiger partial charge is 0.309 e. The van der Waals surface area contributed by atoms with Crippen LogP contribution in [0, 0.1) is 17.8 Å². The van der Waals surface area contributed by atoms with Crippen LogP contribution < -0.4 is 0 Å². The molecule has 1 rings (SSSR count). The van der Waals surface area contributed by atoms with Gasteiger partial charge >= 0.3 is 5.97 Å². The lowest BCUT2D eigenvalue weighted by Gasteiger charge is -2.17. The van der Waals surface area contributed by atoms with Crippen LogP contribution in [0.15, 0.2) is 0 Å². The zero-order chi connectivity index (χ0) is 9.30. The van der Waals surface area contributed by atoms with E-state index in [-0.39, 0.29) is 18.0 Å². The first kappa shape index (κ1) is 9.56. The van der Waals surface area contributed by atoms with E-state index in [1.165, 1.54) is 0 Å². The van der Waals surface area contributed by atoms with Gasteiger partial charge in [0.25, 0.3) is 0 Å². The predicted octanol–water partition coefficient (Wildman–Crippen LogP) is 2.23. The van der Waals surface area contributed by atoms with Gasteiger partial charge in [0.1, 0.15) is 6.10 Å². The maximum absolute atomic E-state index is 11.2. The molecule has 0 amide bonds. The van der Waals surface area contributed by atoms with E-state index in [1.807, 2.05) is 13.8 Å². The summed E-state index contributed by atoms with van der Waals surface area (Å²) < 4.78 is 5.15.